The van der Waals surface area contributed by atoms with Crippen LogP contribution in [0, 0.1) is 5.92 Å². The van der Waals surface area contributed by atoms with Gasteiger partial charge in [-0.3, -0.25) is 0 Å². The van der Waals surface area contributed by atoms with Gasteiger partial charge in [-0.1, -0.05) is 13.8 Å². The van der Waals surface area contributed by atoms with Gasteiger partial charge in [0.15, 0.2) is 0 Å². The lowest BCUT2D eigenvalue weighted by atomic mass is 10.1. The van der Waals surface area contributed by atoms with Crippen LogP contribution >= 0.6 is 0 Å². The molecule has 0 fully saturated rings. The van der Waals surface area contributed by atoms with E-state index >= 15 is 0 Å². The highest BCUT2D eigenvalue weighted by Crippen LogP contribution is 1.98. The molecule has 0 aliphatic carbocycles. The first-order valence-electron chi connectivity index (χ1n) is 5.90. The maximum atomic E-state index is 11.3. The molecule has 1 atom stereocenters. The summed E-state index contributed by atoms with van der Waals surface area (Å²) in [7, 11) is 0. The highest BCUT2D eigenvalue weighted by molar-refractivity contribution is 5.73. The van der Waals surface area contributed by atoms with E-state index in [1.54, 1.807) is 13.8 Å². The van der Waals surface area contributed by atoms with Gasteiger partial charge in [0.2, 0.25) is 0 Å². The topological polar surface area (TPSA) is 114 Å². The highest BCUT2D eigenvalue weighted by atomic mass is 16.6. The predicted molar refractivity (Wildman–Crippen MR) is 66.0 cm³/mol. The average Bonchev–Trinajstić information content (AvgIpc) is 2.34. The molecule has 2 amide bonds. The normalized spacial score (nSPS) is 11.7. The van der Waals surface area contributed by atoms with Crippen LogP contribution in [0.4, 0.5) is 9.59 Å². The molecular weight excluding hydrogens is 256 g/mol. The number of alkyl carbamates (subject to hydrolysis) is 1. The highest BCUT2D eigenvalue weighted by Gasteiger charge is 2.15. The molecule has 8 nitrogen and oxygen atoms in total. The van der Waals surface area contributed by atoms with Crippen molar-refractivity contribution in [1.29, 1.82) is 0 Å². The fourth-order valence-electron chi connectivity index (χ4n) is 1.06. The first-order chi connectivity index (χ1) is 8.97. The summed E-state index contributed by atoms with van der Waals surface area (Å²) in [5.74, 6) is -0.0107. The second-order valence-electron chi connectivity index (χ2n) is 4.03. The van der Waals surface area contributed by atoms with Crippen molar-refractivity contribution in [2.24, 2.45) is 5.92 Å². The van der Waals surface area contributed by atoms with E-state index in [2.05, 4.69) is 10.6 Å². The monoisotopic (exact) mass is 276 g/mol. The van der Waals surface area contributed by atoms with Gasteiger partial charge in [0.1, 0.15) is 12.9 Å². The summed E-state index contributed by atoms with van der Waals surface area (Å²) in [6.07, 6.45) is -1.15. The van der Waals surface area contributed by atoms with Crippen LogP contribution in [0.2, 0.25) is 0 Å². The first-order valence-corrected chi connectivity index (χ1v) is 5.90. The molecule has 19 heavy (non-hydrogen) atoms. The van der Waals surface area contributed by atoms with Crippen LogP contribution in [0.5, 0.6) is 0 Å². The maximum absolute atomic E-state index is 11.3. The number of rotatable bonds is 9. The minimum absolute atomic E-state index is 0.0107. The summed E-state index contributed by atoms with van der Waals surface area (Å²) in [6, 6.07) is -0.576. The lowest BCUT2D eigenvalue weighted by Crippen LogP contribution is -2.40. The number of carboxylic acid groups (broad SMARTS) is 1. The van der Waals surface area contributed by atoms with E-state index in [1.807, 2.05) is 0 Å². The van der Waals surface area contributed by atoms with Gasteiger partial charge in [-0.05, 0) is 5.92 Å². The molecule has 8 heteroatoms. The van der Waals surface area contributed by atoms with Gasteiger partial charge in [-0.25, -0.2) is 9.59 Å². The standard InChI is InChI=1S/C11H20N2O6/c1-8(2)9(7-14)13-11(17)19-6-5-18-4-3-12-10(15)16/h7-9,12H,3-6H2,1-2H3,(H,13,17)(H,15,16). The average molecular weight is 276 g/mol. The number of ether oxygens (including phenoxy) is 2. The van der Waals surface area contributed by atoms with Gasteiger partial charge in [0.25, 0.3) is 0 Å². The maximum Gasteiger partial charge on any atom is 0.407 e. The zero-order chi connectivity index (χ0) is 14.7. The Kier molecular flexibility index (Phi) is 9.15. The summed E-state index contributed by atoms with van der Waals surface area (Å²) in [6.45, 7) is 4.16. The van der Waals surface area contributed by atoms with Crippen LogP contribution in [0.3, 0.4) is 0 Å². The molecule has 0 aromatic carbocycles. The number of hydrogen-bond donors (Lipinski definition) is 3. The summed E-state index contributed by atoms with van der Waals surface area (Å²) in [5, 5.41) is 12.8. The third-order valence-electron chi connectivity index (χ3n) is 2.13. The Balaban J connectivity index is 3.53. The summed E-state index contributed by atoms with van der Waals surface area (Å²) in [5.41, 5.74) is 0. The molecule has 0 rings (SSSR count). The number of amides is 2. The van der Waals surface area contributed by atoms with E-state index in [-0.39, 0.29) is 32.3 Å². The Morgan fingerprint density at radius 1 is 1.26 bits per heavy atom. The minimum atomic E-state index is -1.12. The molecule has 0 spiro atoms. The van der Waals surface area contributed by atoms with Crippen LogP contribution in [0.15, 0.2) is 0 Å². The SMILES string of the molecule is CC(C)C(C=O)NC(=O)OCCOCCNC(=O)O. The second kappa shape index (κ2) is 10.1. The number of carbonyl (C=O) groups excluding carboxylic acids is 2. The van der Waals surface area contributed by atoms with E-state index in [9.17, 15) is 14.4 Å². The summed E-state index contributed by atoms with van der Waals surface area (Å²) >= 11 is 0. The molecule has 0 heterocycles. The third kappa shape index (κ3) is 9.83. The lowest BCUT2D eigenvalue weighted by Gasteiger charge is -2.15. The number of aldehydes is 1. The Labute approximate surface area is 111 Å². The van der Waals surface area contributed by atoms with Gasteiger partial charge in [0, 0.05) is 6.54 Å². The lowest BCUT2D eigenvalue weighted by molar-refractivity contribution is -0.110. The molecule has 0 saturated carbocycles. The molecule has 0 bridgehead atoms. The molecule has 3 N–H and O–H groups in total. The third-order valence-corrected chi connectivity index (χ3v) is 2.13. The van der Waals surface area contributed by atoms with Gasteiger partial charge in [-0.15, -0.1) is 0 Å². The quantitative estimate of drug-likeness (QED) is 0.410. The van der Waals surface area contributed by atoms with Crippen molar-refractivity contribution in [3.8, 4) is 0 Å². The zero-order valence-corrected chi connectivity index (χ0v) is 11.0. The zero-order valence-electron chi connectivity index (χ0n) is 11.0. The Hall–Kier alpha value is -1.83. The van der Waals surface area contributed by atoms with Gasteiger partial charge < -0.3 is 30.0 Å². The second-order valence-corrected chi connectivity index (χ2v) is 4.03. The van der Waals surface area contributed by atoms with E-state index in [0.717, 1.165) is 0 Å². The van der Waals surface area contributed by atoms with E-state index in [4.69, 9.17) is 14.6 Å². The summed E-state index contributed by atoms with van der Waals surface area (Å²) in [4.78, 5) is 32.0. The predicted octanol–water partition coefficient (Wildman–Crippen LogP) is 0.220. The number of hydrogen-bond acceptors (Lipinski definition) is 5. The molecule has 0 saturated heterocycles. The van der Waals surface area contributed by atoms with E-state index in [0.29, 0.717) is 6.29 Å². The smallest absolute Gasteiger partial charge is 0.407 e. The van der Waals surface area contributed by atoms with Gasteiger partial charge in [0.05, 0.1) is 19.3 Å². The van der Waals surface area contributed by atoms with E-state index in [1.165, 1.54) is 0 Å². The van der Waals surface area contributed by atoms with Crippen molar-refractivity contribution < 1.29 is 29.0 Å². The molecule has 0 aromatic heterocycles. The van der Waals surface area contributed by atoms with Crippen molar-refractivity contribution in [1.82, 2.24) is 10.6 Å². The van der Waals surface area contributed by atoms with Crippen molar-refractivity contribution in [2.45, 2.75) is 19.9 Å². The molecule has 0 radical (unpaired) electrons. The van der Waals surface area contributed by atoms with Crippen LogP contribution in [0.25, 0.3) is 0 Å². The molecule has 0 aromatic rings. The Bertz CT molecular complexity index is 295. The Morgan fingerprint density at radius 2 is 1.95 bits per heavy atom. The van der Waals surface area contributed by atoms with Crippen molar-refractivity contribution in [3.05, 3.63) is 0 Å². The van der Waals surface area contributed by atoms with Gasteiger partial charge in [-0.2, -0.15) is 0 Å². The summed E-state index contributed by atoms with van der Waals surface area (Å²) < 4.78 is 9.79. The van der Waals surface area contributed by atoms with Crippen molar-refractivity contribution >= 4 is 18.5 Å². The van der Waals surface area contributed by atoms with E-state index < -0.39 is 18.2 Å². The van der Waals surface area contributed by atoms with Crippen molar-refractivity contribution in [2.75, 3.05) is 26.4 Å². The van der Waals surface area contributed by atoms with Crippen LogP contribution in [0.1, 0.15) is 13.8 Å². The minimum Gasteiger partial charge on any atom is -0.465 e. The molecule has 0 aliphatic rings. The largest absolute Gasteiger partial charge is 0.465 e. The molecule has 1 unspecified atom stereocenters. The van der Waals surface area contributed by atoms with Crippen LogP contribution < -0.4 is 10.6 Å². The number of nitrogens with one attached hydrogen (secondary N) is 2. The van der Waals surface area contributed by atoms with Gasteiger partial charge >= 0.3 is 12.2 Å². The Morgan fingerprint density at radius 3 is 2.47 bits per heavy atom. The van der Waals surface area contributed by atoms with Crippen LogP contribution in [-0.4, -0.2) is 56.0 Å². The molecular formula is C11H20N2O6. The molecule has 0 aliphatic heterocycles. The fourth-order valence-corrected chi connectivity index (χ4v) is 1.06. The number of carbonyl (C=O) groups is 3. The van der Waals surface area contributed by atoms with Crippen molar-refractivity contribution in [3.63, 3.8) is 0 Å². The molecule has 110 valence electrons. The van der Waals surface area contributed by atoms with Crippen LogP contribution in [-0.2, 0) is 14.3 Å². The fraction of sp³-hybridized carbons (Fsp3) is 0.727. The first kappa shape index (κ1) is 17.2.